The first-order valence-corrected chi connectivity index (χ1v) is 21.8. The average molecular weight is 880 g/mol. The Morgan fingerprint density at radius 3 is 1.39 bits per heavy atom. The Morgan fingerprint density at radius 2 is 0.902 bits per heavy atom. The number of rotatable bonds is 5. The molecule has 2 aromatic heterocycles. The number of hydrogen-bond acceptors (Lipinski definition) is 7. The monoisotopic (exact) mass is 878 g/mol. The summed E-state index contributed by atoms with van der Waals surface area (Å²) in [6, 6.07) is 45.6. The van der Waals surface area contributed by atoms with Crippen LogP contribution in [0.5, 0.6) is 0 Å². The van der Waals surface area contributed by atoms with Gasteiger partial charge in [0.05, 0.1) is 22.4 Å². The number of para-hydroxylation sites is 4. The molecule has 0 atom stereocenters. The first kappa shape index (κ1) is 43.0. The highest BCUT2D eigenvalue weighted by atomic mass is 79.9. The van der Waals surface area contributed by atoms with Gasteiger partial charge in [-0.15, -0.1) is 0 Å². The molecule has 4 heterocycles. The zero-order chi connectivity index (χ0) is 43.3. The van der Waals surface area contributed by atoms with Crippen LogP contribution in [0.25, 0.3) is 66.1 Å². The molecule has 10 rings (SSSR count). The van der Waals surface area contributed by atoms with Gasteiger partial charge in [-0.3, -0.25) is 0 Å². The molecule has 0 spiro atoms. The summed E-state index contributed by atoms with van der Waals surface area (Å²) >= 11 is 3.53. The molecule has 2 saturated heterocycles. The Balaban J connectivity index is 0.000000136. The maximum Gasteiger partial charge on any atom is 0.640 e. The van der Waals surface area contributed by atoms with E-state index in [4.69, 9.17) is 32.1 Å². The lowest BCUT2D eigenvalue weighted by molar-refractivity contribution is 0.00578. The van der Waals surface area contributed by atoms with E-state index in [0.29, 0.717) is 0 Å². The molecule has 0 saturated carbocycles. The molecule has 0 radical (unpaired) electrons. The number of furan rings is 2. The van der Waals surface area contributed by atoms with Crippen LogP contribution in [0.3, 0.4) is 0 Å². The summed E-state index contributed by atoms with van der Waals surface area (Å²) in [6.45, 7) is 20.3. The normalized spacial score (nSPS) is 17.5. The van der Waals surface area contributed by atoms with Gasteiger partial charge in [-0.05, 0) is 110 Å². The lowest BCUT2D eigenvalue weighted by atomic mass is 9.78. The van der Waals surface area contributed by atoms with Crippen LogP contribution >= 0.6 is 15.9 Å². The summed E-state index contributed by atoms with van der Waals surface area (Å²) < 4.78 is 42.5. The van der Waals surface area contributed by atoms with Crippen molar-refractivity contribution in [1.29, 1.82) is 0 Å². The topological polar surface area (TPSA) is 72.4 Å². The summed E-state index contributed by atoms with van der Waals surface area (Å²) in [6.07, 6.45) is 0.120. The zero-order valence-electron chi connectivity index (χ0n) is 36.7. The van der Waals surface area contributed by atoms with E-state index in [9.17, 15) is 0 Å². The fourth-order valence-corrected chi connectivity index (χ4v) is 7.90. The SMILES string of the molecule is Brc1cccc(-c2cccc3c2oc2ccccc23)c1.CC(C)OB1OC(C)(C)C(C)(C)O1.CC1(C)OB(c2cccc(-c3cccc4c3oc3ccccc34)c2)OC1(C)C. The summed E-state index contributed by atoms with van der Waals surface area (Å²) in [5, 5.41) is 4.60. The molecular formula is C51H53B2BrO7. The van der Waals surface area contributed by atoms with Gasteiger partial charge in [-0.1, -0.05) is 125 Å². The molecule has 0 N–H and O–H groups in total. The second kappa shape index (κ2) is 16.6. The quantitative estimate of drug-likeness (QED) is 0.159. The predicted molar refractivity (Wildman–Crippen MR) is 254 cm³/mol. The number of halogens is 1. The van der Waals surface area contributed by atoms with Crippen LogP contribution in [0.4, 0.5) is 0 Å². The van der Waals surface area contributed by atoms with Crippen molar-refractivity contribution in [3.63, 3.8) is 0 Å². The van der Waals surface area contributed by atoms with Crippen LogP contribution in [-0.4, -0.2) is 42.9 Å². The Morgan fingerprint density at radius 1 is 0.475 bits per heavy atom. The van der Waals surface area contributed by atoms with Gasteiger partial charge in [0.2, 0.25) is 0 Å². The Labute approximate surface area is 368 Å². The van der Waals surface area contributed by atoms with Crippen LogP contribution in [0.1, 0.15) is 69.2 Å². The molecule has 0 bridgehead atoms. The van der Waals surface area contributed by atoms with Gasteiger partial charge in [0.25, 0.3) is 0 Å². The first-order chi connectivity index (χ1) is 28.9. The second-order valence-electron chi connectivity index (χ2n) is 18.0. The molecule has 10 heteroatoms. The van der Waals surface area contributed by atoms with Gasteiger partial charge in [-0.2, -0.15) is 0 Å². The maximum atomic E-state index is 6.23. The molecule has 312 valence electrons. The van der Waals surface area contributed by atoms with E-state index in [2.05, 4.69) is 129 Å². The Hall–Kier alpha value is -4.67. The van der Waals surface area contributed by atoms with Crippen molar-refractivity contribution >= 4 is 79.7 Å². The van der Waals surface area contributed by atoms with Gasteiger partial charge in [0, 0.05) is 43.2 Å². The summed E-state index contributed by atoms with van der Waals surface area (Å²) in [5.41, 5.74) is 7.87. The zero-order valence-corrected chi connectivity index (χ0v) is 38.3. The van der Waals surface area contributed by atoms with Gasteiger partial charge in [0.1, 0.15) is 22.3 Å². The van der Waals surface area contributed by atoms with Crippen molar-refractivity contribution in [3.05, 3.63) is 138 Å². The third-order valence-electron chi connectivity index (χ3n) is 12.3. The average Bonchev–Trinajstić information content (AvgIpc) is 3.90. The van der Waals surface area contributed by atoms with E-state index in [1.165, 1.54) is 5.39 Å². The maximum absolute atomic E-state index is 6.23. The molecule has 0 unspecified atom stereocenters. The van der Waals surface area contributed by atoms with E-state index < -0.39 is 7.32 Å². The highest BCUT2D eigenvalue weighted by Crippen LogP contribution is 2.40. The van der Waals surface area contributed by atoms with E-state index in [1.54, 1.807) is 0 Å². The van der Waals surface area contributed by atoms with Crippen molar-refractivity contribution in [1.82, 2.24) is 0 Å². The van der Waals surface area contributed by atoms with E-state index in [1.807, 2.05) is 90.1 Å². The minimum absolute atomic E-state index is 0.120. The second-order valence-corrected chi connectivity index (χ2v) is 18.9. The highest BCUT2D eigenvalue weighted by Gasteiger charge is 2.53. The number of benzene rings is 6. The van der Waals surface area contributed by atoms with Crippen molar-refractivity contribution in [2.24, 2.45) is 0 Å². The predicted octanol–water partition coefficient (Wildman–Crippen LogP) is 13.6. The van der Waals surface area contributed by atoms with Crippen LogP contribution in [0, 0.1) is 0 Å². The first-order valence-electron chi connectivity index (χ1n) is 21.0. The van der Waals surface area contributed by atoms with E-state index >= 15 is 0 Å². The standard InChI is InChI=1S/C24H23BO3.C18H11BrO.C9H19BO3/c1-23(2)24(3,4)28-25(27-23)17-10-7-9-16(15-17)18-12-8-13-20-19-11-5-6-14-21(19)26-22(18)20;19-13-6-3-5-12(11-13)14-8-4-9-16-15-7-1-2-10-17(15)20-18(14)16;1-7(2)11-10-12-8(3,4)9(5,6)13-10/h5-15H,1-4H3;1-11H;7H,1-6H3. The largest absolute Gasteiger partial charge is 0.640 e. The molecule has 6 aromatic carbocycles. The number of fused-ring (bicyclic) bond motifs is 6. The number of hydrogen-bond donors (Lipinski definition) is 0. The third kappa shape index (κ3) is 8.59. The van der Waals surface area contributed by atoms with E-state index in [0.717, 1.165) is 70.7 Å². The molecule has 8 aromatic rings. The highest BCUT2D eigenvalue weighted by molar-refractivity contribution is 9.10. The molecule has 0 aliphatic carbocycles. The van der Waals surface area contributed by atoms with Gasteiger partial charge >= 0.3 is 14.4 Å². The van der Waals surface area contributed by atoms with Crippen LogP contribution in [0.2, 0.25) is 0 Å². The van der Waals surface area contributed by atoms with Crippen LogP contribution in [0.15, 0.2) is 147 Å². The minimum atomic E-state index is -0.523. The molecular weight excluding hydrogens is 826 g/mol. The summed E-state index contributed by atoms with van der Waals surface area (Å²) in [5.74, 6) is 0. The Bertz CT molecular complexity index is 2810. The lowest BCUT2D eigenvalue weighted by Gasteiger charge is -2.32. The molecule has 2 aliphatic heterocycles. The van der Waals surface area contributed by atoms with Gasteiger partial charge in [0.15, 0.2) is 0 Å². The fraction of sp³-hybridized carbons (Fsp3) is 0.294. The summed E-state index contributed by atoms with van der Waals surface area (Å²) in [4.78, 5) is 0. The van der Waals surface area contributed by atoms with Gasteiger partial charge in [-0.25, -0.2) is 0 Å². The molecule has 0 amide bonds. The lowest BCUT2D eigenvalue weighted by Crippen LogP contribution is -2.41. The molecule has 7 nitrogen and oxygen atoms in total. The van der Waals surface area contributed by atoms with Crippen molar-refractivity contribution in [2.45, 2.75) is 97.7 Å². The molecule has 61 heavy (non-hydrogen) atoms. The van der Waals surface area contributed by atoms with Crippen LogP contribution < -0.4 is 5.46 Å². The van der Waals surface area contributed by atoms with E-state index in [-0.39, 0.29) is 35.6 Å². The van der Waals surface area contributed by atoms with Crippen LogP contribution in [-0.2, 0) is 23.3 Å². The smallest absolute Gasteiger partial charge is 0.455 e. The fourth-order valence-electron chi connectivity index (χ4n) is 7.50. The summed E-state index contributed by atoms with van der Waals surface area (Å²) in [7, 11) is -0.898. The van der Waals surface area contributed by atoms with Gasteiger partial charge < -0.3 is 32.1 Å². The minimum Gasteiger partial charge on any atom is -0.455 e. The molecule has 2 fully saturated rings. The molecule has 2 aliphatic rings. The third-order valence-corrected chi connectivity index (χ3v) is 12.8. The Kier molecular flexibility index (Phi) is 11.7. The van der Waals surface area contributed by atoms with Crippen molar-refractivity contribution < 1.29 is 32.1 Å². The van der Waals surface area contributed by atoms with Crippen molar-refractivity contribution in [3.8, 4) is 22.3 Å². The van der Waals surface area contributed by atoms with Crippen molar-refractivity contribution in [2.75, 3.05) is 0 Å².